The number of hydrogen-bond acceptors (Lipinski definition) is 3. The number of aromatic carboxylic acids is 1. The number of carboxylic acids is 1. The smallest absolute Gasteiger partial charge is 0.335 e. The van der Waals surface area contributed by atoms with E-state index in [1.165, 1.54) is 6.07 Å². The molecule has 132 valence electrons. The van der Waals surface area contributed by atoms with Gasteiger partial charge in [-0.1, -0.05) is 49.2 Å². The van der Waals surface area contributed by atoms with E-state index in [-0.39, 0.29) is 23.0 Å². The van der Waals surface area contributed by atoms with Gasteiger partial charge in [-0.15, -0.1) is 0 Å². The summed E-state index contributed by atoms with van der Waals surface area (Å²) in [6, 6.07) is 14.5. The lowest BCUT2D eigenvalue weighted by Crippen LogP contribution is -2.17. The summed E-state index contributed by atoms with van der Waals surface area (Å²) in [6.45, 7) is 0. The molecule has 1 fully saturated rings. The highest BCUT2D eigenvalue weighted by atomic mass is 32.2. The molecule has 0 spiro atoms. The van der Waals surface area contributed by atoms with Gasteiger partial charge in [-0.3, -0.25) is 0 Å². The molecule has 0 amide bonds. The predicted octanol–water partition coefficient (Wildman–Crippen LogP) is 4.16. The van der Waals surface area contributed by atoms with Crippen molar-refractivity contribution in [2.45, 2.75) is 31.4 Å². The Bertz CT molecular complexity index is 851. The first-order valence-corrected chi connectivity index (χ1v) is 10.4. The van der Waals surface area contributed by atoms with Crippen molar-refractivity contribution in [1.82, 2.24) is 0 Å². The van der Waals surface area contributed by atoms with Gasteiger partial charge in [0.1, 0.15) is 0 Å². The van der Waals surface area contributed by atoms with Crippen LogP contribution in [0.4, 0.5) is 0 Å². The SMILES string of the molecule is O=C(O)c1ccc(-c2ccccc2)cc1CS(=O)(=O)CC1CCCC1. The van der Waals surface area contributed by atoms with Crippen LogP contribution in [0, 0.1) is 5.92 Å². The molecule has 0 radical (unpaired) electrons. The van der Waals surface area contributed by atoms with E-state index < -0.39 is 15.8 Å². The molecule has 5 heteroatoms. The Morgan fingerprint density at radius 2 is 1.68 bits per heavy atom. The van der Waals surface area contributed by atoms with Crippen molar-refractivity contribution >= 4 is 15.8 Å². The minimum absolute atomic E-state index is 0.0645. The number of rotatable bonds is 6. The second-order valence-corrected chi connectivity index (χ2v) is 8.86. The van der Waals surface area contributed by atoms with E-state index in [1.807, 2.05) is 30.3 Å². The molecular formula is C20H22O4S. The first-order chi connectivity index (χ1) is 11.9. The average Bonchev–Trinajstić information content (AvgIpc) is 3.07. The van der Waals surface area contributed by atoms with Crippen molar-refractivity contribution in [1.29, 1.82) is 0 Å². The Balaban J connectivity index is 1.91. The van der Waals surface area contributed by atoms with Gasteiger partial charge in [0.25, 0.3) is 0 Å². The topological polar surface area (TPSA) is 71.4 Å². The minimum Gasteiger partial charge on any atom is -0.478 e. The van der Waals surface area contributed by atoms with Gasteiger partial charge in [-0.05, 0) is 47.6 Å². The molecule has 0 unspecified atom stereocenters. The normalized spacial score (nSPS) is 15.4. The first kappa shape index (κ1) is 17.7. The predicted molar refractivity (Wildman–Crippen MR) is 98.3 cm³/mol. The minimum atomic E-state index is -3.34. The van der Waals surface area contributed by atoms with Crippen LogP contribution in [0.2, 0.25) is 0 Å². The molecule has 0 bridgehead atoms. The molecule has 1 saturated carbocycles. The molecule has 0 heterocycles. The zero-order valence-corrected chi connectivity index (χ0v) is 14.8. The van der Waals surface area contributed by atoms with Gasteiger partial charge < -0.3 is 5.11 Å². The fraction of sp³-hybridized carbons (Fsp3) is 0.350. The van der Waals surface area contributed by atoms with Crippen LogP contribution in [0.25, 0.3) is 11.1 Å². The van der Waals surface area contributed by atoms with Gasteiger partial charge in [0.2, 0.25) is 0 Å². The highest BCUT2D eigenvalue weighted by molar-refractivity contribution is 7.90. The lowest BCUT2D eigenvalue weighted by Gasteiger charge is -2.13. The largest absolute Gasteiger partial charge is 0.478 e. The Morgan fingerprint density at radius 1 is 1.00 bits per heavy atom. The molecule has 0 saturated heterocycles. The van der Waals surface area contributed by atoms with Crippen molar-refractivity contribution in [3.8, 4) is 11.1 Å². The number of carboxylic acid groups (broad SMARTS) is 1. The summed E-state index contributed by atoms with van der Waals surface area (Å²) in [4.78, 5) is 11.5. The quantitative estimate of drug-likeness (QED) is 0.842. The average molecular weight is 358 g/mol. The Kier molecular flexibility index (Phi) is 5.23. The van der Waals surface area contributed by atoms with Crippen molar-refractivity contribution in [3.63, 3.8) is 0 Å². The zero-order valence-electron chi connectivity index (χ0n) is 14.0. The van der Waals surface area contributed by atoms with Gasteiger partial charge >= 0.3 is 5.97 Å². The summed E-state index contributed by atoms with van der Waals surface area (Å²) in [5, 5.41) is 9.41. The number of benzene rings is 2. The maximum absolute atomic E-state index is 12.6. The van der Waals surface area contributed by atoms with Crippen LogP contribution in [0.3, 0.4) is 0 Å². The summed E-state index contributed by atoms with van der Waals surface area (Å²) >= 11 is 0. The van der Waals surface area contributed by atoms with E-state index in [0.717, 1.165) is 36.8 Å². The Hall–Kier alpha value is -2.14. The lowest BCUT2D eigenvalue weighted by atomic mass is 10.00. The molecule has 2 aromatic rings. The molecule has 3 rings (SSSR count). The molecule has 0 aromatic heterocycles. The number of sulfone groups is 1. The Labute approximate surface area is 148 Å². The third-order valence-electron chi connectivity index (χ3n) is 4.78. The summed E-state index contributed by atoms with van der Waals surface area (Å²) in [5.74, 6) is -0.936. The number of carbonyl (C=O) groups is 1. The third kappa shape index (κ3) is 4.48. The van der Waals surface area contributed by atoms with Crippen molar-refractivity contribution in [2.75, 3.05) is 5.75 Å². The van der Waals surface area contributed by atoms with Gasteiger partial charge in [-0.25, -0.2) is 13.2 Å². The van der Waals surface area contributed by atoms with E-state index in [4.69, 9.17) is 0 Å². The van der Waals surface area contributed by atoms with E-state index in [1.54, 1.807) is 12.1 Å². The van der Waals surface area contributed by atoms with Gasteiger partial charge in [0, 0.05) is 0 Å². The van der Waals surface area contributed by atoms with Crippen LogP contribution >= 0.6 is 0 Å². The van der Waals surface area contributed by atoms with Crippen LogP contribution < -0.4 is 0 Å². The fourth-order valence-corrected chi connectivity index (χ4v) is 5.45. The summed E-state index contributed by atoms with van der Waals surface area (Å²) in [5.41, 5.74) is 2.20. The molecule has 0 aliphatic heterocycles. The number of hydrogen-bond donors (Lipinski definition) is 1. The van der Waals surface area contributed by atoms with E-state index >= 15 is 0 Å². The molecule has 1 aliphatic rings. The van der Waals surface area contributed by atoms with E-state index in [2.05, 4.69) is 0 Å². The van der Waals surface area contributed by atoms with Crippen molar-refractivity contribution in [2.24, 2.45) is 5.92 Å². The van der Waals surface area contributed by atoms with E-state index in [0.29, 0.717) is 5.56 Å². The zero-order chi connectivity index (χ0) is 17.9. The third-order valence-corrected chi connectivity index (χ3v) is 6.51. The molecule has 0 atom stereocenters. The van der Waals surface area contributed by atoms with Crippen molar-refractivity contribution < 1.29 is 18.3 Å². The summed E-state index contributed by atoms with van der Waals surface area (Å²) in [7, 11) is -3.34. The molecular weight excluding hydrogens is 336 g/mol. The first-order valence-electron chi connectivity index (χ1n) is 8.57. The molecule has 2 aromatic carbocycles. The van der Waals surface area contributed by atoms with Crippen LogP contribution in [0.15, 0.2) is 48.5 Å². The second kappa shape index (κ2) is 7.40. The Morgan fingerprint density at radius 3 is 2.32 bits per heavy atom. The maximum atomic E-state index is 12.6. The maximum Gasteiger partial charge on any atom is 0.335 e. The molecule has 1 aliphatic carbocycles. The van der Waals surface area contributed by atoms with Crippen molar-refractivity contribution in [3.05, 3.63) is 59.7 Å². The molecule has 25 heavy (non-hydrogen) atoms. The van der Waals surface area contributed by atoms with Gasteiger partial charge in [0.15, 0.2) is 9.84 Å². The van der Waals surface area contributed by atoms with Crippen LogP contribution in [-0.4, -0.2) is 25.2 Å². The van der Waals surface area contributed by atoms with Crippen LogP contribution in [0.1, 0.15) is 41.6 Å². The molecule has 4 nitrogen and oxygen atoms in total. The van der Waals surface area contributed by atoms with Gasteiger partial charge in [-0.2, -0.15) is 0 Å². The fourth-order valence-electron chi connectivity index (χ4n) is 3.56. The van der Waals surface area contributed by atoms with Crippen LogP contribution in [0.5, 0.6) is 0 Å². The highest BCUT2D eigenvalue weighted by Crippen LogP contribution is 2.28. The summed E-state index contributed by atoms with van der Waals surface area (Å²) < 4.78 is 25.2. The lowest BCUT2D eigenvalue weighted by molar-refractivity contribution is 0.0696. The highest BCUT2D eigenvalue weighted by Gasteiger charge is 2.24. The van der Waals surface area contributed by atoms with Crippen LogP contribution in [-0.2, 0) is 15.6 Å². The molecule has 1 N–H and O–H groups in total. The second-order valence-electron chi connectivity index (χ2n) is 6.75. The monoisotopic (exact) mass is 358 g/mol. The summed E-state index contributed by atoms with van der Waals surface area (Å²) in [6.07, 6.45) is 4.08. The standard InChI is InChI=1S/C20H22O4S/c21-20(22)19-11-10-17(16-8-2-1-3-9-16)12-18(19)14-25(23,24)13-15-6-4-5-7-15/h1-3,8-12,15H,4-7,13-14H2,(H,21,22). The van der Waals surface area contributed by atoms with E-state index in [9.17, 15) is 18.3 Å². The van der Waals surface area contributed by atoms with Gasteiger partial charge in [0.05, 0.1) is 17.1 Å².